The van der Waals surface area contributed by atoms with Gasteiger partial charge in [-0.25, -0.2) is 8.78 Å². The number of esters is 1. The van der Waals surface area contributed by atoms with Gasteiger partial charge in [-0.2, -0.15) is 8.78 Å². The van der Waals surface area contributed by atoms with Crippen LogP contribution in [-0.4, -0.2) is 39.3 Å². The number of methoxy groups -OCH3 is 1. The highest BCUT2D eigenvalue weighted by atomic mass is 19.2. The zero-order chi connectivity index (χ0) is 35.8. The fourth-order valence-electron chi connectivity index (χ4n) is 5.74. The average molecular weight is 681 g/mol. The molecule has 0 atom stereocenters. The Kier molecular flexibility index (Phi) is 12.1. The van der Waals surface area contributed by atoms with Crippen LogP contribution in [0.3, 0.4) is 0 Å². The van der Waals surface area contributed by atoms with Gasteiger partial charge in [0, 0.05) is 72.7 Å². The fraction of sp³-hybridized carbons (Fsp3) is 0.297. The first-order chi connectivity index (χ1) is 23.5. The maximum atomic E-state index is 14.1. The number of anilines is 2. The molecule has 2 aromatic carbocycles. The number of nitrogens with two attached hydrogens (primary N) is 1. The molecule has 0 radical (unpaired) electrons. The third-order valence-corrected chi connectivity index (χ3v) is 8.13. The van der Waals surface area contributed by atoms with Crippen LogP contribution in [0.25, 0.3) is 34.6 Å². The number of carbonyl (C=O) groups excluding carboxylic acids is 1. The van der Waals surface area contributed by atoms with E-state index in [2.05, 4.69) is 11.0 Å². The predicted octanol–water partition coefficient (Wildman–Crippen LogP) is 6.21. The molecule has 0 bridgehead atoms. The van der Waals surface area contributed by atoms with Crippen molar-refractivity contribution in [2.45, 2.75) is 40.5 Å². The van der Waals surface area contributed by atoms with Gasteiger partial charge < -0.3 is 34.8 Å². The van der Waals surface area contributed by atoms with Crippen LogP contribution in [0.1, 0.15) is 40.5 Å². The summed E-state index contributed by atoms with van der Waals surface area (Å²) in [6.07, 6.45) is 6.79. The number of fused-ring (bicyclic) bond motifs is 1. The Morgan fingerprint density at radius 2 is 1.59 bits per heavy atom. The SMILES string of the molecule is C/C=c1/oc2cc(=N)ccc-2c(-c2cc(N(CC)CC)c(N(CC)CCCC(=O)Oc3c(F)c(F)cc(F)c3F)cc2OC)/c1=C/C=C/N. The minimum Gasteiger partial charge on any atom is -0.496 e. The molecule has 3 N–H and O–H groups in total. The quantitative estimate of drug-likeness (QED) is 0.0750. The number of rotatable bonds is 13. The molecule has 0 fully saturated rings. The van der Waals surface area contributed by atoms with Crippen LogP contribution >= 0.6 is 0 Å². The van der Waals surface area contributed by atoms with Crippen molar-refractivity contribution in [2.24, 2.45) is 5.73 Å². The summed E-state index contributed by atoms with van der Waals surface area (Å²) in [6.45, 7) is 10.1. The largest absolute Gasteiger partial charge is 0.496 e. The van der Waals surface area contributed by atoms with Gasteiger partial charge in [-0.3, -0.25) is 4.79 Å². The van der Waals surface area contributed by atoms with Crippen LogP contribution < -0.4 is 41.0 Å². The van der Waals surface area contributed by atoms with Gasteiger partial charge in [-0.15, -0.1) is 0 Å². The Labute approximate surface area is 282 Å². The molecule has 0 saturated heterocycles. The van der Waals surface area contributed by atoms with E-state index in [4.69, 9.17) is 25.0 Å². The van der Waals surface area contributed by atoms with E-state index in [-0.39, 0.29) is 18.9 Å². The van der Waals surface area contributed by atoms with E-state index >= 15 is 0 Å². The summed E-state index contributed by atoms with van der Waals surface area (Å²) < 4.78 is 72.3. The summed E-state index contributed by atoms with van der Waals surface area (Å²) in [7, 11) is 1.58. The van der Waals surface area contributed by atoms with Crippen molar-refractivity contribution >= 4 is 29.5 Å². The number of nitrogens with zero attached hydrogens (tertiary/aromatic N) is 2. The third-order valence-electron chi connectivity index (χ3n) is 8.13. The molecule has 49 heavy (non-hydrogen) atoms. The van der Waals surface area contributed by atoms with Gasteiger partial charge in [0.25, 0.3) is 0 Å². The number of hydrogen-bond acceptors (Lipinski definition) is 8. The number of benzene rings is 3. The fourth-order valence-corrected chi connectivity index (χ4v) is 5.74. The second-order valence-electron chi connectivity index (χ2n) is 11.0. The minimum atomic E-state index is -1.78. The lowest BCUT2D eigenvalue weighted by molar-refractivity contribution is -0.134. The monoisotopic (exact) mass is 680 g/mol. The Bertz CT molecular complexity index is 1980. The molecular weight excluding hydrogens is 640 g/mol. The number of allylic oxidation sites excluding steroid dienone is 1. The Balaban J connectivity index is 1.80. The number of halogens is 4. The standard InChI is InChI=1S/C37H40F4N4O4/c1-6-30-23(12-10-16-42)34(24-15-14-22(43)18-32(24)48-30)25-19-28(44(7-2)8-3)29(21-31(25)47-5)45(9-4)17-11-13-33(46)49-37-35(40)26(38)20-27(39)36(37)41/h6,10,12,14-16,18-21,43H,7-9,11,13,17,42H2,1-5H3/b16-10+,23-12+,30-6+,43-22?. The van der Waals surface area contributed by atoms with E-state index in [9.17, 15) is 22.4 Å². The zero-order valence-electron chi connectivity index (χ0n) is 28.1. The summed E-state index contributed by atoms with van der Waals surface area (Å²) in [6, 6.07) is 9.23. The van der Waals surface area contributed by atoms with Crippen molar-refractivity contribution in [2.75, 3.05) is 43.1 Å². The normalized spacial score (nSPS) is 12.3. The Hall–Kier alpha value is -5.26. The van der Waals surface area contributed by atoms with Crippen molar-refractivity contribution in [3.63, 3.8) is 0 Å². The molecule has 0 unspecified atom stereocenters. The lowest BCUT2D eigenvalue weighted by Crippen LogP contribution is -2.31. The molecule has 260 valence electrons. The van der Waals surface area contributed by atoms with Crippen LogP contribution in [0, 0.1) is 28.7 Å². The summed E-state index contributed by atoms with van der Waals surface area (Å²) in [4.78, 5) is 16.7. The first kappa shape index (κ1) is 36.6. The van der Waals surface area contributed by atoms with E-state index in [0.29, 0.717) is 48.5 Å². The first-order valence-electron chi connectivity index (χ1n) is 16.0. The summed E-state index contributed by atoms with van der Waals surface area (Å²) in [5.41, 5.74) is 10.4. The van der Waals surface area contributed by atoms with Crippen LogP contribution in [0.2, 0.25) is 0 Å². The molecule has 1 heterocycles. The molecule has 2 aliphatic rings. The van der Waals surface area contributed by atoms with Crippen LogP contribution in [-0.2, 0) is 4.79 Å². The first-order valence-corrected chi connectivity index (χ1v) is 16.0. The number of carbonyl (C=O) groups is 1. The number of ether oxygens (including phenoxy) is 2. The van der Waals surface area contributed by atoms with Crippen molar-refractivity contribution in [1.82, 2.24) is 0 Å². The molecule has 4 rings (SSSR count). The van der Waals surface area contributed by atoms with Gasteiger partial charge in [-0.1, -0.05) is 0 Å². The summed E-state index contributed by atoms with van der Waals surface area (Å²) >= 11 is 0. The van der Waals surface area contributed by atoms with Crippen LogP contribution in [0.15, 0.2) is 53.1 Å². The third kappa shape index (κ3) is 7.74. The second kappa shape index (κ2) is 16.2. The predicted molar refractivity (Wildman–Crippen MR) is 183 cm³/mol. The highest BCUT2D eigenvalue weighted by Crippen LogP contribution is 2.43. The molecule has 12 heteroatoms. The maximum absolute atomic E-state index is 14.1. The van der Waals surface area contributed by atoms with Crippen molar-refractivity contribution in [3.05, 3.63) is 87.9 Å². The molecule has 1 aliphatic heterocycles. The average Bonchev–Trinajstić information content (AvgIpc) is 3.10. The summed E-state index contributed by atoms with van der Waals surface area (Å²) in [5, 5.41) is 9.27. The Morgan fingerprint density at radius 1 is 0.939 bits per heavy atom. The van der Waals surface area contributed by atoms with Gasteiger partial charge in [0.2, 0.25) is 17.4 Å². The topological polar surface area (TPSA) is 105 Å². The number of nitrogens with one attached hydrogen (secondary N) is 1. The Morgan fingerprint density at radius 3 is 2.18 bits per heavy atom. The van der Waals surface area contributed by atoms with E-state index in [1.165, 1.54) is 6.20 Å². The molecule has 0 amide bonds. The van der Waals surface area contributed by atoms with Gasteiger partial charge in [0.15, 0.2) is 11.6 Å². The zero-order valence-corrected chi connectivity index (χ0v) is 28.1. The minimum absolute atomic E-state index is 0.0502. The molecule has 1 aliphatic carbocycles. The van der Waals surface area contributed by atoms with E-state index in [1.54, 1.807) is 25.3 Å². The highest BCUT2D eigenvalue weighted by Gasteiger charge is 2.25. The van der Waals surface area contributed by atoms with Crippen molar-refractivity contribution < 1.29 is 36.2 Å². The molecule has 0 spiro atoms. The lowest BCUT2D eigenvalue weighted by atomic mass is 9.93. The molecule has 0 aromatic heterocycles. The smallest absolute Gasteiger partial charge is 0.311 e. The van der Waals surface area contributed by atoms with E-state index in [0.717, 1.165) is 33.3 Å². The van der Waals surface area contributed by atoms with Crippen molar-refractivity contribution in [3.8, 4) is 33.9 Å². The van der Waals surface area contributed by atoms with Gasteiger partial charge in [0.05, 0.1) is 23.8 Å². The van der Waals surface area contributed by atoms with E-state index < -0.39 is 35.0 Å². The maximum Gasteiger partial charge on any atom is 0.311 e. The van der Waals surface area contributed by atoms with Gasteiger partial charge in [0.1, 0.15) is 16.9 Å². The second-order valence-corrected chi connectivity index (χ2v) is 11.0. The molecule has 0 saturated carbocycles. The van der Waals surface area contributed by atoms with E-state index in [1.807, 2.05) is 56.9 Å². The molecule has 2 aromatic rings. The molecule has 8 nitrogen and oxygen atoms in total. The van der Waals surface area contributed by atoms with Gasteiger partial charge >= 0.3 is 5.97 Å². The lowest BCUT2D eigenvalue weighted by Gasteiger charge is -2.32. The van der Waals surface area contributed by atoms with Crippen LogP contribution in [0.5, 0.6) is 11.5 Å². The number of hydrogen-bond donors (Lipinski definition) is 2. The molecular formula is C37H40F4N4O4. The van der Waals surface area contributed by atoms with Crippen LogP contribution in [0.4, 0.5) is 28.9 Å². The van der Waals surface area contributed by atoms with Crippen molar-refractivity contribution in [1.29, 1.82) is 5.41 Å². The summed E-state index contributed by atoms with van der Waals surface area (Å²) in [5.74, 6) is -8.23. The van der Waals surface area contributed by atoms with Gasteiger partial charge in [-0.05, 0) is 76.7 Å². The highest BCUT2D eigenvalue weighted by molar-refractivity contribution is 5.90.